The lowest BCUT2D eigenvalue weighted by Crippen LogP contribution is -2.52. The first-order valence-electron chi connectivity index (χ1n) is 10.6. The zero-order valence-electron chi connectivity index (χ0n) is 17.4. The molecule has 4 rings (SSSR count). The van der Waals surface area contributed by atoms with E-state index in [1.807, 2.05) is 24.3 Å². The first-order valence-corrected chi connectivity index (χ1v) is 10.6. The fraction of sp³-hybridized carbons (Fsp3) is 0.320. The maximum absolute atomic E-state index is 12.3. The van der Waals surface area contributed by atoms with E-state index in [0.717, 1.165) is 22.3 Å². The second-order valence-electron chi connectivity index (χ2n) is 8.14. The maximum Gasteiger partial charge on any atom is 0.407 e. The molecule has 2 aliphatic rings. The van der Waals surface area contributed by atoms with Crippen LogP contribution in [0, 0.1) is 18.3 Å². The average molecular weight is 432 g/mol. The number of hydrogen-bond donors (Lipinski definition) is 3. The molecule has 1 atom stereocenters. The number of benzene rings is 2. The van der Waals surface area contributed by atoms with E-state index in [2.05, 4.69) is 40.8 Å². The molecule has 2 aromatic rings. The largest absolute Gasteiger partial charge is 0.480 e. The molecule has 2 amide bonds. The summed E-state index contributed by atoms with van der Waals surface area (Å²) in [5.41, 5.74) is 4.60. The van der Waals surface area contributed by atoms with Crippen molar-refractivity contribution in [3.63, 3.8) is 0 Å². The molecule has 0 aliphatic heterocycles. The molecule has 1 saturated carbocycles. The van der Waals surface area contributed by atoms with Crippen LogP contribution in [0.2, 0.25) is 0 Å². The molecule has 0 radical (unpaired) electrons. The molecule has 2 aliphatic carbocycles. The highest BCUT2D eigenvalue weighted by Gasteiger charge is 2.37. The monoisotopic (exact) mass is 432 g/mol. The predicted molar refractivity (Wildman–Crippen MR) is 118 cm³/mol. The summed E-state index contributed by atoms with van der Waals surface area (Å²) in [6, 6.07) is 14.9. The Kier molecular flexibility index (Phi) is 6.13. The summed E-state index contributed by atoms with van der Waals surface area (Å²) in [6.45, 7) is 0.225. The van der Waals surface area contributed by atoms with Crippen molar-refractivity contribution in [3.05, 3.63) is 59.7 Å². The van der Waals surface area contributed by atoms with E-state index in [0.29, 0.717) is 12.8 Å². The van der Waals surface area contributed by atoms with Crippen LogP contribution in [0.1, 0.15) is 36.3 Å². The summed E-state index contributed by atoms with van der Waals surface area (Å²) in [5, 5.41) is 14.3. The minimum Gasteiger partial charge on any atom is -0.480 e. The summed E-state index contributed by atoms with van der Waals surface area (Å²) in [6.07, 6.45) is 5.40. The van der Waals surface area contributed by atoms with Crippen molar-refractivity contribution in [3.8, 4) is 23.5 Å². The number of amides is 2. The quantitative estimate of drug-likeness (QED) is 0.584. The van der Waals surface area contributed by atoms with Gasteiger partial charge in [0.05, 0.1) is 0 Å². The van der Waals surface area contributed by atoms with Crippen molar-refractivity contribution in [2.24, 2.45) is 5.92 Å². The minimum atomic E-state index is -1.16. The number of carboxylic acid groups (broad SMARTS) is 1. The zero-order valence-corrected chi connectivity index (χ0v) is 17.4. The number of alkyl carbamates (subject to hydrolysis) is 1. The van der Waals surface area contributed by atoms with Crippen LogP contribution in [-0.4, -0.2) is 41.8 Å². The van der Waals surface area contributed by atoms with E-state index >= 15 is 0 Å². The number of fused-ring (bicyclic) bond motifs is 3. The molecule has 0 spiro atoms. The molecule has 3 N–H and O–H groups in total. The summed E-state index contributed by atoms with van der Waals surface area (Å²) >= 11 is 0. The number of carbonyl (C=O) groups excluding carboxylic acids is 2. The first kappa shape index (κ1) is 21.4. The van der Waals surface area contributed by atoms with E-state index in [1.54, 1.807) is 0 Å². The van der Waals surface area contributed by atoms with Crippen molar-refractivity contribution in [1.82, 2.24) is 10.6 Å². The Morgan fingerprint density at radius 1 is 1.06 bits per heavy atom. The SMILES string of the molecule is C#CCC(NC(=O)C1CC(NC(=O)OCC2c3ccccc3-c3ccccc32)C1)C(=O)O. The number of carbonyl (C=O) groups is 3. The van der Waals surface area contributed by atoms with E-state index in [-0.39, 0.29) is 36.8 Å². The van der Waals surface area contributed by atoms with Crippen molar-refractivity contribution in [1.29, 1.82) is 0 Å². The van der Waals surface area contributed by atoms with E-state index in [1.165, 1.54) is 0 Å². The lowest BCUT2D eigenvalue weighted by Gasteiger charge is -2.35. The number of aliphatic carboxylic acids is 1. The van der Waals surface area contributed by atoms with E-state index in [4.69, 9.17) is 16.3 Å². The van der Waals surface area contributed by atoms with Crippen LogP contribution >= 0.6 is 0 Å². The lowest BCUT2D eigenvalue weighted by molar-refractivity contribution is -0.143. The highest BCUT2D eigenvalue weighted by atomic mass is 16.5. The van der Waals surface area contributed by atoms with Gasteiger partial charge in [-0.25, -0.2) is 9.59 Å². The van der Waals surface area contributed by atoms with Crippen LogP contribution in [0.25, 0.3) is 11.1 Å². The molecule has 164 valence electrons. The summed E-state index contributed by atoms with van der Waals surface area (Å²) < 4.78 is 5.52. The second kappa shape index (κ2) is 9.15. The number of terminal acetylenes is 1. The van der Waals surface area contributed by atoms with Gasteiger partial charge >= 0.3 is 12.1 Å². The Morgan fingerprint density at radius 2 is 1.66 bits per heavy atom. The van der Waals surface area contributed by atoms with Gasteiger partial charge in [0.15, 0.2) is 0 Å². The van der Waals surface area contributed by atoms with Crippen LogP contribution in [0.4, 0.5) is 4.79 Å². The Bertz CT molecular complexity index is 1040. The van der Waals surface area contributed by atoms with Gasteiger partial charge in [0, 0.05) is 24.3 Å². The van der Waals surface area contributed by atoms with Gasteiger partial charge in [0.1, 0.15) is 12.6 Å². The standard InChI is InChI=1S/C25H24N2O5/c1-2-7-22(24(29)30)27-23(28)15-12-16(13-15)26-25(31)32-14-21-19-10-5-3-8-17(19)18-9-4-6-11-20(18)21/h1,3-6,8-11,15-16,21-22H,7,12-14H2,(H,26,31)(H,27,28)(H,29,30). The van der Waals surface area contributed by atoms with Gasteiger partial charge in [0.25, 0.3) is 0 Å². The third-order valence-electron chi connectivity index (χ3n) is 6.11. The average Bonchev–Trinajstić information content (AvgIpc) is 3.08. The summed E-state index contributed by atoms with van der Waals surface area (Å²) in [5.74, 6) is 0.349. The van der Waals surface area contributed by atoms with E-state index < -0.39 is 18.1 Å². The van der Waals surface area contributed by atoms with Crippen LogP contribution in [0.3, 0.4) is 0 Å². The molecule has 0 saturated heterocycles. The molecule has 0 bridgehead atoms. The molecule has 7 nitrogen and oxygen atoms in total. The van der Waals surface area contributed by atoms with Gasteiger partial charge in [-0.1, -0.05) is 48.5 Å². The van der Waals surface area contributed by atoms with E-state index in [9.17, 15) is 14.4 Å². The normalized spacial score (nSPS) is 19.5. The molecule has 0 heterocycles. The Morgan fingerprint density at radius 3 is 2.22 bits per heavy atom. The highest BCUT2D eigenvalue weighted by Crippen LogP contribution is 2.44. The molecular weight excluding hydrogens is 408 g/mol. The topological polar surface area (TPSA) is 105 Å². The third kappa shape index (κ3) is 4.30. The summed E-state index contributed by atoms with van der Waals surface area (Å²) in [4.78, 5) is 35.6. The molecule has 2 aromatic carbocycles. The van der Waals surface area contributed by atoms with Gasteiger partial charge in [0.2, 0.25) is 5.91 Å². The Labute approximate surface area is 186 Å². The maximum atomic E-state index is 12.3. The Hall–Kier alpha value is -3.79. The number of rotatable bonds is 7. The summed E-state index contributed by atoms with van der Waals surface area (Å²) in [7, 11) is 0. The number of carboxylic acids is 1. The third-order valence-corrected chi connectivity index (χ3v) is 6.11. The van der Waals surface area contributed by atoms with Crippen LogP contribution in [0.15, 0.2) is 48.5 Å². The molecule has 1 unspecified atom stereocenters. The fourth-order valence-corrected chi connectivity index (χ4v) is 4.36. The van der Waals surface area contributed by atoms with Gasteiger partial charge in [-0.2, -0.15) is 0 Å². The number of nitrogens with one attached hydrogen (secondary N) is 2. The highest BCUT2D eigenvalue weighted by molar-refractivity contribution is 5.86. The van der Waals surface area contributed by atoms with Gasteiger partial charge in [-0.05, 0) is 35.1 Å². The van der Waals surface area contributed by atoms with Crippen LogP contribution in [-0.2, 0) is 14.3 Å². The van der Waals surface area contributed by atoms with Gasteiger partial charge in [-0.15, -0.1) is 12.3 Å². The van der Waals surface area contributed by atoms with Gasteiger partial charge < -0.3 is 20.5 Å². The molecule has 0 aromatic heterocycles. The van der Waals surface area contributed by atoms with Crippen molar-refractivity contribution in [2.75, 3.05) is 6.61 Å². The molecule has 1 fully saturated rings. The van der Waals surface area contributed by atoms with Crippen molar-refractivity contribution < 1.29 is 24.2 Å². The number of hydrogen-bond acceptors (Lipinski definition) is 4. The second-order valence-corrected chi connectivity index (χ2v) is 8.14. The minimum absolute atomic E-state index is 0.0165. The van der Waals surface area contributed by atoms with Crippen LogP contribution < -0.4 is 10.6 Å². The Balaban J connectivity index is 1.26. The zero-order chi connectivity index (χ0) is 22.7. The molecular formula is C25H24N2O5. The van der Waals surface area contributed by atoms with Crippen molar-refractivity contribution in [2.45, 2.75) is 37.3 Å². The number of ether oxygens (including phenoxy) is 1. The van der Waals surface area contributed by atoms with Gasteiger partial charge in [-0.3, -0.25) is 4.79 Å². The molecule has 7 heteroatoms. The first-order chi connectivity index (χ1) is 15.5. The smallest absolute Gasteiger partial charge is 0.407 e. The molecule has 32 heavy (non-hydrogen) atoms. The lowest BCUT2D eigenvalue weighted by atomic mass is 9.79. The van der Waals surface area contributed by atoms with Crippen LogP contribution in [0.5, 0.6) is 0 Å². The fourth-order valence-electron chi connectivity index (χ4n) is 4.36. The predicted octanol–water partition coefficient (Wildman–Crippen LogP) is 2.90. The van der Waals surface area contributed by atoms with Crippen molar-refractivity contribution >= 4 is 18.0 Å².